The maximum absolute atomic E-state index is 12.4. The molecule has 0 bridgehead atoms. The van der Waals surface area contributed by atoms with Crippen LogP contribution in [0.25, 0.3) is 0 Å². The van der Waals surface area contributed by atoms with Gasteiger partial charge in [0.05, 0.1) is 11.6 Å². The Morgan fingerprint density at radius 2 is 2.29 bits per heavy atom. The number of aliphatic carboxylic acids is 1. The van der Waals surface area contributed by atoms with Crippen molar-refractivity contribution in [3.63, 3.8) is 0 Å². The molecule has 1 fully saturated rings. The van der Waals surface area contributed by atoms with E-state index < -0.39 is 17.5 Å². The highest BCUT2D eigenvalue weighted by molar-refractivity contribution is 5.94. The average molecular weight is 287 g/mol. The van der Waals surface area contributed by atoms with E-state index in [1.54, 1.807) is 31.2 Å². The first kappa shape index (κ1) is 14.9. The van der Waals surface area contributed by atoms with Crippen LogP contribution in [0.1, 0.15) is 31.7 Å². The number of likely N-dealkylation sites (tertiary alicyclic amines) is 1. The van der Waals surface area contributed by atoms with Gasteiger partial charge < -0.3 is 15.3 Å². The Morgan fingerprint density at radius 1 is 1.52 bits per heavy atom. The molecule has 1 heterocycles. The minimum Gasteiger partial charge on any atom is -0.479 e. The molecule has 0 aromatic heterocycles. The Labute approximate surface area is 123 Å². The topological polar surface area (TPSA) is 93.4 Å². The van der Waals surface area contributed by atoms with Crippen molar-refractivity contribution in [2.75, 3.05) is 11.9 Å². The standard InChI is InChI=1S/C15H17N3O3/c1-2-15(13(19)20)7-4-8-18(15)14(21)17-12-6-3-5-11(9-12)10-16/h3,5-6,9H,2,4,7-8H2,1H3,(H,17,21)(H,19,20). The van der Waals surface area contributed by atoms with Crippen LogP contribution in [-0.2, 0) is 4.79 Å². The van der Waals surface area contributed by atoms with Gasteiger partial charge in [0.2, 0.25) is 0 Å². The largest absolute Gasteiger partial charge is 0.479 e. The van der Waals surface area contributed by atoms with Gasteiger partial charge in [0.15, 0.2) is 0 Å². The predicted molar refractivity (Wildman–Crippen MR) is 76.8 cm³/mol. The molecule has 1 aliphatic heterocycles. The van der Waals surface area contributed by atoms with Crippen molar-refractivity contribution >= 4 is 17.7 Å². The van der Waals surface area contributed by atoms with Crippen LogP contribution in [-0.4, -0.2) is 34.1 Å². The Kier molecular flexibility index (Phi) is 4.13. The van der Waals surface area contributed by atoms with Crippen molar-refractivity contribution in [3.05, 3.63) is 29.8 Å². The molecule has 1 aliphatic rings. The van der Waals surface area contributed by atoms with Gasteiger partial charge in [-0.3, -0.25) is 0 Å². The fourth-order valence-corrected chi connectivity index (χ4v) is 2.77. The molecule has 0 radical (unpaired) electrons. The lowest BCUT2D eigenvalue weighted by Gasteiger charge is -2.33. The number of nitrogens with zero attached hydrogens (tertiary/aromatic N) is 2. The third-order valence-electron chi connectivity index (χ3n) is 3.96. The molecule has 0 spiro atoms. The lowest BCUT2D eigenvalue weighted by atomic mass is 9.93. The number of nitrogens with one attached hydrogen (secondary N) is 1. The van der Waals surface area contributed by atoms with Crippen LogP contribution in [0.3, 0.4) is 0 Å². The van der Waals surface area contributed by atoms with Crippen LogP contribution in [0.4, 0.5) is 10.5 Å². The molecule has 1 unspecified atom stereocenters. The molecule has 110 valence electrons. The summed E-state index contributed by atoms with van der Waals surface area (Å²) in [6.45, 7) is 2.19. The Bertz CT molecular complexity index is 608. The van der Waals surface area contributed by atoms with E-state index in [0.717, 1.165) is 0 Å². The van der Waals surface area contributed by atoms with Crippen LogP contribution >= 0.6 is 0 Å². The molecule has 1 aromatic carbocycles. The third kappa shape index (κ3) is 2.68. The summed E-state index contributed by atoms with van der Waals surface area (Å²) < 4.78 is 0. The second kappa shape index (κ2) is 5.83. The number of nitriles is 1. The first-order valence-electron chi connectivity index (χ1n) is 6.85. The van der Waals surface area contributed by atoms with Crippen LogP contribution in [0.15, 0.2) is 24.3 Å². The quantitative estimate of drug-likeness (QED) is 0.892. The van der Waals surface area contributed by atoms with E-state index in [1.165, 1.54) is 4.90 Å². The molecular formula is C15H17N3O3. The molecule has 6 heteroatoms. The molecule has 1 atom stereocenters. The van der Waals surface area contributed by atoms with E-state index in [0.29, 0.717) is 37.1 Å². The van der Waals surface area contributed by atoms with Gasteiger partial charge >= 0.3 is 12.0 Å². The first-order chi connectivity index (χ1) is 10.0. The molecule has 1 saturated heterocycles. The zero-order valence-electron chi connectivity index (χ0n) is 11.8. The molecule has 0 aliphatic carbocycles. The predicted octanol–water partition coefficient (Wildman–Crippen LogP) is 2.42. The van der Waals surface area contributed by atoms with E-state index in [-0.39, 0.29) is 0 Å². The molecule has 1 aromatic rings. The van der Waals surface area contributed by atoms with Crippen LogP contribution in [0.5, 0.6) is 0 Å². The van der Waals surface area contributed by atoms with Crippen molar-refractivity contribution in [2.45, 2.75) is 31.7 Å². The second-order valence-electron chi connectivity index (χ2n) is 5.07. The Hall–Kier alpha value is -2.55. The maximum Gasteiger partial charge on any atom is 0.329 e. The lowest BCUT2D eigenvalue weighted by molar-refractivity contribution is -0.148. The Balaban J connectivity index is 2.19. The van der Waals surface area contributed by atoms with Gasteiger partial charge in [0.25, 0.3) is 0 Å². The van der Waals surface area contributed by atoms with E-state index in [4.69, 9.17) is 5.26 Å². The van der Waals surface area contributed by atoms with Crippen LogP contribution in [0, 0.1) is 11.3 Å². The number of hydrogen-bond donors (Lipinski definition) is 2. The molecule has 2 N–H and O–H groups in total. The number of urea groups is 1. The molecule has 2 amide bonds. The van der Waals surface area contributed by atoms with Gasteiger partial charge in [0, 0.05) is 12.2 Å². The number of carbonyl (C=O) groups excluding carboxylic acids is 1. The fraction of sp³-hybridized carbons (Fsp3) is 0.400. The van der Waals surface area contributed by atoms with Crippen molar-refractivity contribution in [2.24, 2.45) is 0 Å². The van der Waals surface area contributed by atoms with Gasteiger partial charge in [-0.2, -0.15) is 5.26 Å². The maximum atomic E-state index is 12.4. The number of rotatable bonds is 3. The summed E-state index contributed by atoms with van der Waals surface area (Å²) in [7, 11) is 0. The van der Waals surface area contributed by atoms with Crippen molar-refractivity contribution in [1.82, 2.24) is 4.90 Å². The van der Waals surface area contributed by atoms with E-state index in [2.05, 4.69) is 5.32 Å². The first-order valence-corrected chi connectivity index (χ1v) is 6.85. The molecule has 21 heavy (non-hydrogen) atoms. The summed E-state index contributed by atoms with van der Waals surface area (Å²) in [6.07, 6.45) is 1.50. The monoisotopic (exact) mass is 287 g/mol. The Morgan fingerprint density at radius 3 is 2.90 bits per heavy atom. The van der Waals surface area contributed by atoms with Crippen molar-refractivity contribution < 1.29 is 14.7 Å². The van der Waals surface area contributed by atoms with Gasteiger partial charge in [-0.05, 0) is 37.5 Å². The number of amides is 2. The van der Waals surface area contributed by atoms with Crippen molar-refractivity contribution in [3.8, 4) is 6.07 Å². The number of anilines is 1. The van der Waals surface area contributed by atoms with Gasteiger partial charge in [-0.1, -0.05) is 13.0 Å². The lowest BCUT2D eigenvalue weighted by Crippen LogP contribution is -2.54. The number of benzene rings is 1. The van der Waals surface area contributed by atoms with E-state index in [1.807, 2.05) is 6.07 Å². The number of hydrogen-bond acceptors (Lipinski definition) is 3. The molecular weight excluding hydrogens is 270 g/mol. The van der Waals surface area contributed by atoms with Crippen LogP contribution in [0.2, 0.25) is 0 Å². The SMILES string of the molecule is CCC1(C(=O)O)CCCN1C(=O)Nc1cccc(C#N)c1. The van der Waals surface area contributed by atoms with E-state index in [9.17, 15) is 14.7 Å². The van der Waals surface area contributed by atoms with Crippen LogP contribution < -0.4 is 5.32 Å². The highest BCUT2D eigenvalue weighted by atomic mass is 16.4. The minimum atomic E-state index is -1.13. The molecule has 6 nitrogen and oxygen atoms in total. The highest BCUT2D eigenvalue weighted by Crippen LogP contribution is 2.33. The van der Waals surface area contributed by atoms with Gasteiger partial charge in [-0.15, -0.1) is 0 Å². The summed E-state index contributed by atoms with van der Waals surface area (Å²) in [5.41, 5.74) is -0.202. The molecule has 0 saturated carbocycles. The smallest absolute Gasteiger partial charge is 0.329 e. The molecule has 2 rings (SSSR count). The van der Waals surface area contributed by atoms with E-state index >= 15 is 0 Å². The number of carboxylic acid groups (broad SMARTS) is 1. The average Bonchev–Trinajstić information content (AvgIpc) is 2.92. The second-order valence-corrected chi connectivity index (χ2v) is 5.07. The van der Waals surface area contributed by atoms with Gasteiger partial charge in [-0.25, -0.2) is 9.59 Å². The number of carbonyl (C=O) groups is 2. The summed E-state index contributed by atoms with van der Waals surface area (Å²) in [5.74, 6) is -0.969. The van der Waals surface area contributed by atoms with Crippen molar-refractivity contribution in [1.29, 1.82) is 5.26 Å². The minimum absolute atomic E-state index is 0.369. The normalized spacial score (nSPS) is 20.9. The summed E-state index contributed by atoms with van der Waals surface area (Å²) in [5, 5.41) is 21.0. The number of carboxylic acids is 1. The summed E-state index contributed by atoms with van der Waals surface area (Å²) >= 11 is 0. The summed E-state index contributed by atoms with van der Waals surface area (Å²) in [6, 6.07) is 8.09. The highest BCUT2D eigenvalue weighted by Gasteiger charge is 2.48. The summed E-state index contributed by atoms with van der Waals surface area (Å²) in [4.78, 5) is 25.3. The fourth-order valence-electron chi connectivity index (χ4n) is 2.77. The zero-order valence-corrected chi connectivity index (χ0v) is 11.8. The third-order valence-corrected chi connectivity index (χ3v) is 3.96. The zero-order chi connectivity index (χ0) is 15.5. The van der Waals surface area contributed by atoms with Gasteiger partial charge in [0.1, 0.15) is 5.54 Å².